The van der Waals surface area contributed by atoms with E-state index >= 15 is 0 Å². The number of nitrogens with zero attached hydrogens (tertiary/aromatic N) is 1. The molecule has 3 unspecified atom stereocenters. The highest BCUT2D eigenvalue weighted by atomic mass is 35.5. The first-order valence-corrected chi connectivity index (χ1v) is 8.35. The summed E-state index contributed by atoms with van der Waals surface area (Å²) in [7, 11) is 2.19. The summed E-state index contributed by atoms with van der Waals surface area (Å²) in [4.78, 5) is 15.0. The summed E-state index contributed by atoms with van der Waals surface area (Å²) in [6, 6.07) is 8.52. The van der Waals surface area contributed by atoms with E-state index in [2.05, 4.69) is 17.3 Å². The number of benzene rings is 1. The molecule has 3 rings (SSSR count). The van der Waals surface area contributed by atoms with Gasteiger partial charge in [0, 0.05) is 23.1 Å². The van der Waals surface area contributed by atoms with E-state index in [0.717, 1.165) is 18.4 Å². The third-order valence-electron chi connectivity index (χ3n) is 5.22. The van der Waals surface area contributed by atoms with Crippen LogP contribution in [0, 0.1) is 0 Å². The number of hydrogen-bond donors (Lipinski definition) is 2. The van der Waals surface area contributed by atoms with Crippen LogP contribution in [-0.4, -0.2) is 47.7 Å². The first-order valence-electron chi connectivity index (χ1n) is 7.97. The molecule has 2 saturated heterocycles. The Morgan fingerprint density at radius 3 is 2.45 bits per heavy atom. The van der Waals surface area contributed by atoms with E-state index in [9.17, 15) is 9.90 Å². The summed E-state index contributed by atoms with van der Waals surface area (Å²) in [6.07, 6.45) is 4.48. The van der Waals surface area contributed by atoms with Crippen LogP contribution in [0.5, 0.6) is 0 Å². The van der Waals surface area contributed by atoms with Crippen LogP contribution in [0.2, 0.25) is 5.02 Å². The van der Waals surface area contributed by atoms with Crippen molar-refractivity contribution in [2.24, 2.45) is 0 Å². The van der Waals surface area contributed by atoms with E-state index in [1.165, 1.54) is 12.8 Å². The van der Waals surface area contributed by atoms with Crippen LogP contribution in [-0.2, 0) is 4.79 Å². The molecule has 0 spiro atoms. The van der Waals surface area contributed by atoms with Crippen LogP contribution >= 0.6 is 11.6 Å². The number of piperidine rings is 1. The molecule has 2 aliphatic rings. The molecule has 5 heteroatoms. The second kappa shape index (κ2) is 6.57. The van der Waals surface area contributed by atoms with Gasteiger partial charge in [0.15, 0.2) is 0 Å². The monoisotopic (exact) mass is 322 g/mol. The average Bonchev–Trinajstić information content (AvgIpc) is 2.72. The number of aliphatic hydroxyl groups is 1. The van der Waals surface area contributed by atoms with Gasteiger partial charge in [0.2, 0.25) is 5.91 Å². The molecule has 3 atom stereocenters. The number of rotatable bonds is 4. The van der Waals surface area contributed by atoms with Crippen molar-refractivity contribution in [3.05, 3.63) is 34.9 Å². The maximum Gasteiger partial charge on any atom is 0.230 e. The Hall–Kier alpha value is -1.10. The number of amides is 1. The summed E-state index contributed by atoms with van der Waals surface area (Å²) in [5.74, 6) is -0.603. The second-order valence-electron chi connectivity index (χ2n) is 6.51. The third kappa shape index (κ3) is 3.14. The molecule has 1 aromatic rings. The zero-order chi connectivity index (χ0) is 15.7. The molecular weight excluding hydrogens is 300 g/mol. The third-order valence-corrected chi connectivity index (χ3v) is 5.47. The fourth-order valence-corrected chi connectivity index (χ4v) is 3.99. The van der Waals surface area contributed by atoms with Crippen LogP contribution in [0.3, 0.4) is 0 Å². The van der Waals surface area contributed by atoms with E-state index in [1.807, 2.05) is 0 Å². The van der Waals surface area contributed by atoms with Crippen molar-refractivity contribution in [2.45, 2.75) is 49.7 Å². The summed E-state index contributed by atoms with van der Waals surface area (Å²) in [6.45, 7) is -0.188. The van der Waals surface area contributed by atoms with Gasteiger partial charge in [0.1, 0.15) is 0 Å². The topological polar surface area (TPSA) is 52.6 Å². The van der Waals surface area contributed by atoms with Gasteiger partial charge in [0.05, 0.1) is 12.5 Å². The Labute approximate surface area is 136 Å². The number of carbonyl (C=O) groups excluding carboxylic acids is 1. The maximum absolute atomic E-state index is 12.5. The zero-order valence-corrected chi connectivity index (χ0v) is 13.6. The Morgan fingerprint density at radius 2 is 1.91 bits per heavy atom. The minimum absolute atomic E-state index is 0.0845. The average molecular weight is 323 g/mol. The van der Waals surface area contributed by atoms with E-state index in [1.54, 1.807) is 24.3 Å². The maximum atomic E-state index is 12.5. The molecule has 120 valence electrons. The lowest BCUT2D eigenvalue weighted by atomic mass is 9.95. The lowest BCUT2D eigenvalue weighted by Crippen LogP contribution is -2.49. The number of halogens is 1. The van der Waals surface area contributed by atoms with Gasteiger partial charge in [-0.15, -0.1) is 0 Å². The fraction of sp³-hybridized carbons (Fsp3) is 0.588. The molecule has 2 bridgehead atoms. The van der Waals surface area contributed by atoms with Crippen LogP contribution < -0.4 is 5.32 Å². The zero-order valence-electron chi connectivity index (χ0n) is 12.8. The SMILES string of the molecule is CN1C2CCC1CC(NC(=O)C(CO)c1ccc(Cl)cc1)C2. The molecule has 0 saturated carbocycles. The van der Waals surface area contributed by atoms with Crippen molar-refractivity contribution >= 4 is 17.5 Å². The van der Waals surface area contributed by atoms with Gasteiger partial charge in [-0.2, -0.15) is 0 Å². The summed E-state index contributed by atoms with van der Waals surface area (Å²) in [5.41, 5.74) is 0.806. The fourth-order valence-electron chi connectivity index (χ4n) is 3.87. The van der Waals surface area contributed by atoms with Gasteiger partial charge in [-0.25, -0.2) is 0 Å². The largest absolute Gasteiger partial charge is 0.395 e. The van der Waals surface area contributed by atoms with Gasteiger partial charge >= 0.3 is 0 Å². The highest BCUT2D eigenvalue weighted by Crippen LogP contribution is 2.34. The normalized spacial score (nSPS) is 29.3. The van der Waals surface area contributed by atoms with Crippen molar-refractivity contribution in [3.63, 3.8) is 0 Å². The van der Waals surface area contributed by atoms with Crippen LogP contribution in [0.1, 0.15) is 37.2 Å². The smallest absolute Gasteiger partial charge is 0.230 e. The highest BCUT2D eigenvalue weighted by Gasteiger charge is 2.39. The second-order valence-corrected chi connectivity index (χ2v) is 6.95. The van der Waals surface area contributed by atoms with Gasteiger partial charge in [-0.1, -0.05) is 23.7 Å². The van der Waals surface area contributed by atoms with E-state index < -0.39 is 5.92 Å². The Bertz CT molecular complexity index is 520. The Kier molecular flexibility index (Phi) is 4.71. The van der Waals surface area contributed by atoms with Crippen LogP contribution in [0.4, 0.5) is 0 Å². The minimum atomic E-state index is -0.519. The molecule has 4 nitrogen and oxygen atoms in total. The number of hydrogen-bond acceptors (Lipinski definition) is 3. The Morgan fingerprint density at radius 1 is 1.32 bits per heavy atom. The number of nitrogens with one attached hydrogen (secondary N) is 1. The number of carbonyl (C=O) groups is 1. The van der Waals surface area contributed by atoms with Crippen LogP contribution in [0.15, 0.2) is 24.3 Å². The van der Waals surface area contributed by atoms with Crippen LogP contribution in [0.25, 0.3) is 0 Å². The summed E-state index contributed by atoms with van der Waals surface area (Å²) < 4.78 is 0. The van der Waals surface area contributed by atoms with E-state index in [4.69, 9.17) is 11.6 Å². The van der Waals surface area contributed by atoms with Crippen molar-refractivity contribution in [3.8, 4) is 0 Å². The summed E-state index contributed by atoms with van der Waals surface area (Å²) in [5, 5.41) is 13.4. The standard InChI is InChI=1S/C17H23ClN2O2/c1-20-14-6-7-15(20)9-13(8-14)19-17(22)16(10-21)11-2-4-12(18)5-3-11/h2-5,13-16,21H,6-10H2,1H3,(H,19,22). The molecule has 2 N–H and O–H groups in total. The van der Waals surface area contributed by atoms with Crippen molar-refractivity contribution in [1.82, 2.24) is 10.2 Å². The quantitative estimate of drug-likeness (QED) is 0.893. The number of aliphatic hydroxyl groups excluding tert-OH is 1. The van der Waals surface area contributed by atoms with E-state index in [0.29, 0.717) is 17.1 Å². The lowest BCUT2D eigenvalue weighted by molar-refractivity contribution is -0.124. The molecule has 1 amide bonds. The van der Waals surface area contributed by atoms with Gasteiger partial charge in [-0.05, 0) is 50.4 Å². The number of fused-ring (bicyclic) bond motifs is 2. The molecule has 2 heterocycles. The predicted octanol–water partition coefficient (Wildman–Crippen LogP) is 2.16. The summed E-state index contributed by atoms with van der Waals surface area (Å²) >= 11 is 5.88. The van der Waals surface area contributed by atoms with Gasteiger partial charge in [-0.3, -0.25) is 4.79 Å². The predicted molar refractivity (Wildman–Crippen MR) is 87.0 cm³/mol. The first kappa shape index (κ1) is 15.8. The Balaban J connectivity index is 1.64. The molecule has 0 aliphatic carbocycles. The molecule has 22 heavy (non-hydrogen) atoms. The minimum Gasteiger partial charge on any atom is -0.395 e. The molecular formula is C17H23ClN2O2. The molecule has 2 fully saturated rings. The van der Waals surface area contributed by atoms with Crippen molar-refractivity contribution < 1.29 is 9.90 Å². The first-order chi connectivity index (χ1) is 10.6. The van der Waals surface area contributed by atoms with E-state index in [-0.39, 0.29) is 18.6 Å². The molecule has 2 aliphatic heterocycles. The van der Waals surface area contributed by atoms with Crippen molar-refractivity contribution in [2.75, 3.05) is 13.7 Å². The molecule has 1 aromatic carbocycles. The lowest BCUT2D eigenvalue weighted by Gasteiger charge is -2.37. The van der Waals surface area contributed by atoms with Crippen molar-refractivity contribution in [1.29, 1.82) is 0 Å². The van der Waals surface area contributed by atoms with Gasteiger partial charge in [0.25, 0.3) is 0 Å². The molecule has 0 aromatic heterocycles. The van der Waals surface area contributed by atoms with Gasteiger partial charge < -0.3 is 15.3 Å². The molecule has 0 radical (unpaired) electrons. The highest BCUT2D eigenvalue weighted by molar-refractivity contribution is 6.30.